The van der Waals surface area contributed by atoms with Crippen LogP contribution in [0, 0.1) is 13.8 Å². The van der Waals surface area contributed by atoms with Crippen molar-refractivity contribution in [1.29, 1.82) is 0 Å². The molecule has 3 rings (SSSR count). The first-order valence-corrected chi connectivity index (χ1v) is 7.71. The average Bonchev–Trinajstić information content (AvgIpc) is 2.96. The lowest BCUT2D eigenvalue weighted by Gasteiger charge is -2.11. The summed E-state index contributed by atoms with van der Waals surface area (Å²) in [6.07, 6.45) is 0. The number of benzene rings is 1. The summed E-state index contributed by atoms with van der Waals surface area (Å²) in [7, 11) is 0. The molecule has 1 aromatic carbocycles. The minimum absolute atomic E-state index is 0.303. The molecule has 2 heterocycles. The van der Waals surface area contributed by atoms with Gasteiger partial charge in [0.15, 0.2) is 5.65 Å². The number of hydrogen-bond acceptors (Lipinski definition) is 4. The van der Waals surface area contributed by atoms with E-state index >= 15 is 0 Å². The number of hydrogen-bond donors (Lipinski definition) is 2. The molecule has 0 atom stereocenters. The topological polar surface area (TPSA) is 80.6 Å². The van der Waals surface area contributed by atoms with Crippen LogP contribution in [0.3, 0.4) is 0 Å². The van der Waals surface area contributed by atoms with Crippen molar-refractivity contribution in [2.24, 2.45) is 0 Å². The first-order chi connectivity index (χ1) is 11.6. The SMILES string of the molecule is CCOc1cccc2nnc(NC(=O)Nc3cccc(C)c3C)n12. The summed E-state index contributed by atoms with van der Waals surface area (Å²) in [6.45, 7) is 6.36. The van der Waals surface area contributed by atoms with E-state index in [9.17, 15) is 4.79 Å². The van der Waals surface area contributed by atoms with Gasteiger partial charge in [-0.05, 0) is 50.1 Å². The number of amides is 2. The van der Waals surface area contributed by atoms with E-state index in [1.165, 1.54) is 0 Å². The minimum Gasteiger partial charge on any atom is -0.479 e. The Morgan fingerprint density at radius 3 is 2.71 bits per heavy atom. The fourth-order valence-electron chi connectivity index (χ4n) is 2.40. The second-order valence-electron chi connectivity index (χ2n) is 5.34. The van der Waals surface area contributed by atoms with Gasteiger partial charge in [-0.15, -0.1) is 10.2 Å². The van der Waals surface area contributed by atoms with Crippen LogP contribution in [0.1, 0.15) is 18.1 Å². The molecule has 0 unspecified atom stereocenters. The Hall–Kier alpha value is -3.09. The summed E-state index contributed by atoms with van der Waals surface area (Å²) in [5.41, 5.74) is 3.49. The lowest BCUT2D eigenvalue weighted by atomic mass is 10.1. The molecule has 24 heavy (non-hydrogen) atoms. The molecule has 7 heteroatoms. The number of anilines is 2. The van der Waals surface area contributed by atoms with Gasteiger partial charge in [0.2, 0.25) is 11.8 Å². The zero-order valence-corrected chi connectivity index (χ0v) is 13.8. The molecular formula is C17H19N5O2. The summed E-state index contributed by atoms with van der Waals surface area (Å²) in [5.74, 6) is 0.874. The highest BCUT2D eigenvalue weighted by atomic mass is 16.5. The van der Waals surface area contributed by atoms with Crippen LogP contribution in [-0.4, -0.2) is 27.2 Å². The quantitative estimate of drug-likeness (QED) is 0.770. The largest absolute Gasteiger partial charge is 0.479 e. The molecule has 0 spiro atoms. The Morgan fingerprint density at radius 1 is 1.12 bits per heavy atom. The molecule has 0 aliphatic heterocycles. The van der Waals surface area contributed by atoms with Crippen LogP contribution in [0.15, 0.2) is 36.4 Å². The smallest absolute Gasteiger partial charge is 0.326 e. The van der Waals surface area contributed by atoms with Gasteiger partial charge in [-0.3, -0.25) is 5.32 Å². The maximum Gasteiger partial charge on any atom is 0.326 e. The number of nitrogens with zero attached hydrogens (tertiary/aromatic N) is 3. The van der Waals surface area contributed by atoms with Crippen LogP contribution < -0.4 is 15.4 Å². The zero-order valence-electron chi connectivity index (χ0n) is 13.8. The number of carbonyl (C=O) groups is 1. The van der Waals surface area contributed by atoms with Gasteiger partial charge in [0, 0.05) is 5.69 Å². The summed E-state index contributed by atoms with van der Waals surface area (Å²) < 4.78 is 7.22. The van der Waals surface area contributed by atoms with E-state index < -0.39 is 0 Å². The van der Waals surface area contributed by atoms with Gasteiger partial charge in [0.05, 0.1) is 6.61 Å². The van der Waals surface area contributed by atoms with Crippen LogP contribution in [0.25, 0.3) is 5.65 Å². The fourth-order valence-corrected chi connectivity index (χ4v) is 2.40. The second-order valence-corrected chi connectivity index (χ2v) is 5.34. The number of rotatable bonds is 4. The van der Waals surface area contributed by atoms with Crippen molar-refractivity contribution in [2.75, 3.05) is 17.2 Å². The Labute approximate surface area is 139 Å². The molecule has 7 nitrogen and oxygen atoms in total. The summed E-state index contributed by atoms with van der Waals surface area (Å²) in [6, 6.07) is 10.8. The Morgan fingerprint density at radius 2 is 1.92 bits per heavy atom. The van der Waals surface area contributed by atoms with E-state index in [0.29, 0.717) is 24.1 Å². The zero-order chi connectivity index (χ0) is 17.1. The summed E-state index contributed by atoms with van der Waals surface area (Å²) >= 11 is 0. The van der Waals surface area contributed by atoms with E-state index in [-0.39, 0.29) is 6.03 Å². The van der Waals surface area contributed by atoms with Crippen LogP contribution in [-0.2, 0) is 0 Å². The first-order valence-electron chi connectivity index (χ1n) is 7.71. The Kier molecular flexibility index (Phi) is 4.33. The maximum absolute atomic E-state index is 12.3. The summed E-state index contributed by atoms with van der Waals surface area (Å²) in [5, 5.41) is 13.6. The van der Waals surface area contributed by atoms with E-state index in [1.54, 1.807) is 16.5 Å². The number of nitrogens with one attached hydrogen (secondary N) is 2. The number of pyridine rings is 1. The molecule has 0 bridgehead atoms. The molecule has 0 saturated heterocycles. The molecule has 0 radical (unpaired) electrons. The van der Waals surface area contributed by atoms with Crippen molar-refractivity contribution in [3.63, 3.8) is 0 Å². The molecule has 2 N–H and O–H groups in total. The number of carbonyl (C=O) groups excluding carboxylic acids is 1. The normalized spacial score (nSPS) is 10.6. The van der Waals surface area contributed by atoms with Crippen LogP contribution in [0.5, 0.6) is 5.88 Å². The number of aryl methyl sites for hydroxylation is 1. The highest BCUT2D eigenvalue weighted by molar-refractivity contribution is 5.99. The molecule has 2 amide bonds. The van der Waals surface area contributed by atoms with Gasteiger partial charge in [0.25, 0.3) is 0 Å². The predicted octanol–water partition coefficient (Wildman–Crippen LogP) is 3.39. The third-order valence-electron chi connectivity index (χ3n) is 3.76. The van der Waals surface area contributed by atoms with Crippen molar-refractivity contribution >= 4 is 23.3 Å². The lowest BCUT2D eigenvalue weighted by molar-refractivity contribution is 0.262. The highest BCUT2D eigenvalue weighted by Gasteiger charge is 2.13. The molecule has 0 aliphatic rings. The lowest BCUT2D eigenvalue weighted by Crippen LogP contribution is -2.21. The fraction of sp³-hybridized carbons (Fsp3) is 0.235. The average molecular weight is 325 g/mol. The Balaban J connectivity index is 1.84. The van der Waals surface area contributed by atoms with Crippen molar-refractivity contribution in [2.45, 2.75) is 20.8 Å². The molecule has 0 fully saturated rings. The molecule has 2 aromatic heterocycles. The van der Waals surface area contributed by atoms with E-state index in [1.807, 2.05) is 45.0 Å². The number of urea groups is 1. The van der Waals surface area contributed by atoms with E-state index in [2.05, 4.69) is 20.8 Å². The highest BCUT2D eigenvalue weighted by Crippen LogP contribution is 2.20. The monoisotopic (exact) mass is 325 g/mol. The van der Waals surface area contributed by atoms with Gasteiger partial charge in [-0.1, -0.05) is 18.2 Å². The molecule has 0 aliphatic carbocycles. The number of aromatic nitrogens is 3. The molecule has 3 aromatic rings. The third-order valence-corrected chi connectivity index (χ3v) is 3.76. The van der Waals surface area contributed by atoms with Crippen molar-refractivity contribution in [3.05, 3.63) is 47.5 Å². The molecule has 0 saturated carbocycles. The van der Waals surface area contributed by atoms with Crippen LogP contribution >= 0.6 is 0 Å². The molecule has 124 valence electrons. The van der Waals surface area contributed by atoms with Crippen molar-refractivity contribution in [3.8, 4) is 5.88 Å². The molecular weight excluding hydrogens is 306 g/mol. The van der Waals surface area contributed by atoms with Crippen LogP contribution in [0.4, 0.5) is 16.4 Å². The summed E-state index contributed by atoms with van der Waals surface area (Å²) in [4.78, 5) is 12.3. The van der Waals surface area contributed by atoms with Gasteiger partial charge < -0.3 is 10.1 Å². The van der Waals surface area contributed by atoms with E-state index in [4.69, 9.17) is 4.74 Å². The third kappa shape index (κ3) is 3.01. The number of ether oxygens (including phenoxy) is 1. The minimum atomic E-state index is -0.385. The van der Waals surface area contributed by atoms with Gasteiger partial charge in [-0.2, -0.15) is 0 Å². The Bertz CT molecular complexity index is 888. The van der Waals surface area contributed by atoms with Gasteiger partial charge in [-0.25, -0.2) is 9.20 Å². The van der Waals surface area contributed by atoms with Crippen molar-refractivity contribution in [1.82, 2.24) is 14.6 Å². The van der Waals surface area contributed by atoms with Crippen LogP contribution in [0.2, 0.25) is 0 Å². The first kappa shape index (κ1) is 15.8. The van der Waals surface area contributed by atoms with Gasteiger partial charge in [0.1, 0.15) is 0 Å². The van der Waals surface area contributed by atoms with Crippen molar-refractivity contribution < 1.29 is 9.53 Å². The van der Waals surface area contributed by atoms with Gasteiger partial charge >= 0.3 is 6.03 Å². The standard InChI is InChI=1S/C17H19N5O2/c1-4-24-15-10-6-9-14-20-21-16(22(14)15)19-17(23)18-13-8-5-7-11(2)12(13)3/h5-10H,4H2,1-3H3,(H2,18,19,21,23). The van der Waals surface area contributed by atoms with E-state index in [0.717, 1.165) is 16.8 Å². The predicted molar refractivity (Wildman–Crippen MR) is 92.7 cm³/mol. The maximum atomic E-state index is 12.3. The number of fused-ring (bicyclic) bond motifs is 1. The second kappa shape index (κ2) is 6.57.